The van der Waals surface area contributed by atoms with Gasteiger partial charge in [-0.3, -0.25) is 4.40 Å². The molecule has 1 aliphatic heterocycles. The molecule has 3 rings (SSSR count). The number of hydrogen-bond donors (Lipinski definition) is 3. The molecule has 1 fully saturated rings. The van der Waals surface area contributed by atoms with Gasteiger partial charge in [-0.25, -0.2) is 9.78 Å². The number of aromatic carboxylic acids is 1. The van der Waals surface area contributed by atoms with Crippen LogP contribution in [0.25, 0.3) is 5.52 Å². The van der Waals surface area contributed by atoms with Crippen LogP contribution in [0.15, 0.2) is 18.2 Å². The minimum atomic E-state index is -1.07. The SMILES string of the molecule is O=C(O)c1nc(C2CCNCC2)n2c(O)cccc12. The Morgan fingerprint density at radius 1 is 1.37 bits per heavy atom. The number of carbonyl (C=O) groups is 1. The first-order chi connectivity index (χ1) is 9.18. The van der Waals surface area contributed by atoms with Crippen LogP contribution in [-0.4, -0.2) is 38.7 Å². The second-order valence-electron chi connectivity index (χ2n) is 4.75. The molecular formula is C13H15N3O3. The van der Waals surface area contributed by atoms with Crippen molar-refractivity contribution in [3.05, 3.63) is 29.7 Å². The van der Waals surface area contributed by atoms with E-state index in [4.69, 9.17) is 0 Å². The van der Waals surface area contributed by atoms with Crippen LogP contribution in [0.3, 0.4) is 0 Å². The fraction of sp³-hybridized carbons (Fsp3) is 0.385. The molecule has 3 heterocycles. The van der Waals surface area contributed by atoms with E-state index in [2.05, 4.69) is 10.3 Å². The smallest absolute Gasteiger partial charge is 0.356 e. The van der Waals surface area contributed by atoms with Crippen molar-refractivity contribution in [1.29, 1.82) is 0 Å². The monoisotopic (exact) mass is 261 g/mol. The highest BCUT2D eigenvalue weighted by Crippen LogP contribution is 2.29. The van der Waals surface area contributed by atoms with Gasteiger partial charge in [0.05, 0.1) is 5.52 Å². The summed E-state index contributed by atoms with van der Waals surface area (Å²) in [4.78, 5) is 15.5. The van der Waals surface area contributed by atoms with Crippen molar-refractivity contribution in [3.63, 3.8) is 0 Å². The van der Waals surface area contributed by atoms with Gasteiger partial charge in [-0.1, -0.05) is 6.07 Å². The molecule has 0 spiro atoms. The third-order valence-corrected chi connectivity index (χ3v) is 3.57. The quantitative estimate of drug-likeness (QED) is 0.756. The molecule has 2 aromatic heterocycles. The van der Waals surface area contributed by atoms with Crippen molar-refractivity contribution < 1.29 is 15.0 Å². The number of imidazole rings is 1. The maximum atomic E-state index is 11.3. The fourth-order valence-corrected chi connectivity index (χ4v) is 2.66. The van der Waals surface area contributed by atoms with E-state index in [0.29, 0.717) is 11.3 Å². The number of hydrogen-bond acceptors (Lipinski definition) is 4. The molecule has 0 radical (unpaired) electrons. The second kappa shape index (κ2) is 4.55. The van der Waals surface area contributed by atoms with Crippen molar-refractivity contribution >= 4 is 11.5 Å². The van der Waals surface area contributed by atoms with Crippen LogP contribution in [0.5, 0.6) is 5.88 Å². The topological polar surface area (TPSA) is 86.9 Å². The number of fused-ring (bicyclic) bond motifs is 1. The number of piperidine rings is 1. The van der Waals surface area contributed by atoms with Gasteiger partial charge >= 0.3 is 5.97 Å². The van der Waals surface area contributed by atoms with E-state index in [0.717, 1.165) is 25.9 Å². The molecule has 0 saturated carbocycles. The molecule has 1 aliphatic rings. The Hall–Kier alpha value is -2.08. The molecular weight excluding hydrogens is 246 g/mol. The van der Waals surface area contributed by atoms with Gasteiger partial charge in [0, 0.05) is 5.92 Å². The summed E-state index contributed by atoms with van der Waals surface area (Å²) in [7, 11) is 0. The number of aromatic hydroxyl groups is 1. The summed E-state index contributed by atoms with van der Waals surface area (Å²) < 4.78 is 1.56. The Kier molecular flexibility index (Phi) is 2.87. The van der Waals surface area contributed by atoms with Gasteiger partial charge in [0.2, 0.25) is 0 Å². The van der Waals surface area contributed by atoms with E-state index in [1.165, 1.54) is 0 Å². The number of carboxylic acid groups (broad SMARTS) is 1. The van der Waals surface area contributed by atoms with Crippen LogP contribution in [0.4, 0.5) is 0 Å². The van der Waals surface area contributed by atoms with Gasteiger partial charge in [0.25, 0.3) is 0 Å². The van der Waals surface area contributed by atoms with E-state index in [1.807, 2.05) is 0 Å². The van der Waals surface area contributed by atoms with Crippen LogP contribution < -0.4 is 5.32 Å². The normalized spacial score (nSPS) is 16.8. The van der Waals surface area contributed by atoms with Crippen LogP contribution in [0, 0.1) is 0 Å². The minimum absolute atomic E-state index is 0.00410. The Labute approximate surface area is 109 Å². The van der Waals surface area contributed by atoms with Crippen molar-refractivity contribution in [1.82, 2.24) is 14.7 Å². The van der Waals surface area contributed by atoms with E-state index in [-0.39, 0.29) is 17.5 Å². The van der Waals surface area contributed by atoms with Crippen molar-refractivity contribution in [2.45, 2.75) is 18.8 Å². The van der Waals surface area contributed by atoms with E-state index >= 15 is 0 Å². The molecule has 3 N–H and O–H groups in total. The summed E-state index contributed by atoms with van der Waals surface area (Å²) >= 11 is 0. The van der Waals surface area contributed by atoms with Gasteiger partial charge < -0.3 is 15.5 Å². The van der Waals surface area contributed by atoms with Crippen molar-refractivity contribution in [3.8, 4) is 5.88 Å². The van der Waals surface area contributed by atoms with E-state index < -0.39 is 5.97 Å². The second-order valence-corrected chi connectivity index (χ2v) is 4.75. The zero-order valence-electron chi connectivity index (χ0n) is 10.3. The molecule has 0 aliphatic carbocycles. The molecule has 0 bridgehead atoms. The Bertz CT molecular complexity index is 629. The molecule has 2 aromatic rings. The van der Waals surface area contributed by atoms with Gasteiger partial charge in [-0.15, -0.1) is 0 Å². The molecule has 0 amide bonds. The van der Waals surface area contributed by atoms with Crippen LogP contribution in [0.2, 0.25) is 0 Å². The molecule has 100 valence electrons. The molecule has 0 aromatic carbocycles. The first-order valence-electron chi connectivity index (χ1n) is 6.33. The lowest BCUT2D eigenvalue weighted by atomic mass is 9.97. The number of rotatable bonds is 2. The number of pyridine rings is 1. The number of nitrogens with one attached hydrogen (secondary N) is 1. The van der Waals surface area contributed by atoms with Gasteiger partial charge in [-0.2, -0.15) is 0 Å². The Morgan fingerprint density at radius 3 is 2.79 bits per heavy atom. The first-order valence-corrected chi connectivity index (χ1v) is 6.33. The molecule has 0 atom stereocenters. The third kappa shape index (κ3) is 1.94. The highest BCUT2D eigenvalue weighted by atomic mass is 16.4. The molecule has 0 unspecified atom stereocenters. The largest absolute Gasteiger partial charge is 0.494 e. The van der Waals surface area contributed by atoms with E-state index in [9.17, 15) is 15.0 Å². The highest BCUT2D eigenvalue weighted by molar-refractivity contribution is 5.93. The number of aromatic nitrogens is 2. The summed E-state index contributed by atoms with van der Waals surface area (Å²) in [6, 6.07) is 4.84. The third-order valence-electron chi connectivity index (χ3n) is 3.57. The summed E-state index contributed by atoms with van der Waals surface area (Å²) in [5.74, 6) is -0.212. The first kappa shape index (κ1) is 12.0. The average molecular weight is 261 g/mol. The molecule has 6 nitrogen and oxygen atoms in total. The summed E-state index contributed by atoms with van der Waals surface area (Å²) in [5.41, 5.74) is 0.450. The Balaban J connectivity index is 2.20. The number of carboxylic acids is 1. The van der Waals surface area contributed by atoms with Gasteiger partial charge in [-0.05, 0) is 38.1 Å². The van der Waals surface area contributed by atoms with Gasteiger partial charge in [0.15, 0.2) is 11.6 Å². The lowest BCUT2D eigenvalue weighted by molar-refractivity contribution is 0.0693. The van der Waals surface area contributed by atoms with Crippen LogP contribution in [0.1, 0.15) is 35.1 Å². The minimum Gasteiger partial charge on any atom is -0.494 e. The summed E-state index contributed by atoms with van der Waals surface area (Å²) in [6.45, 7) is 1.77. The maximum Gasteiger partial charge on any atom is 0.356 e. The highest BCUT2D eigenvalue weighted by Gasteiger charge is 2.25. The molecule has 19 heavy (non-hydrogen) atoms. The van der Waals surface area contributed by atoms with Crippen molar-refractivity contribution in [2.24, 2.45) is 0 Å². The lowest BCUT2D eigenvalue weighted by Crippen LogP contribution is -2.27. The van der Waals surface area contributed by atoms with Crippen LogP contribution >= 0.6 is 0 Å². The molecule has 6 heteroatoms. The zero-order valence-corrected chi connectivity index (χ0v) is 10.3. The maximum absolute atomic E-state index is 11.3. The van der Waals surface area contributed by atoms with Gasteiger partial charge in [0.1, 0.15) is 5.82 Å². The average Bonchev–Trinajstić information content (AvgIpc) is 2.81. The number of nitrogens with zero attached hydrogens (tertiary/aromatic N) is 2. The summed E-state index contributed by atoms with van der Waals surface area (Å²) in [6.07, 6.45) is 1.79. The predicted octanol–water partition coefficient (Wildman–Crippen LogP) is 1.21. The zero-order chi connectivity index (χ0) is 13.4. The van der Waals surface area contributed by atoms with Crippen LogP contribution in [-0.2, 0) is 0 Å². The predicted molar refractivity (Wildman–Crippen MR) is 68.7 cm³/mol. The Morgan fingerprint density at radius 2 is 2.11 bits per heavy atom. The van der Waals surface area contributed by atoms with Crippen molar-refractivity contribution in [2.75, 3.05) is 13.1 Å². The lowest BCUT2D eigenvalue weighted by Gasteiger charge is -2.21. The fourth-order valence-electron chi connectivity index (χ4n) is 2.66. The molecule has 1 saturated heterocycles. The standard InChI is InChI=1S/C13H15N3O3/c17-10-3-1-2-9-11(13(18)19)15-12(16(9)10)8-4-6-14-7-5-8/h1-3,8,14,17H,4-7H2,(H,18,19). The summed E-state index contributed by atoms with van der Waals surface area (Å²) in [5, 5.41) is 22.5. The van der Waals surface area contributed by atoms with E-state index in [1.54, 1.807) is 22.6 Å².